The molecule has 0 aliphatic rings. The average molecular weight is 344 g/mol. The molecule has 120 valence electrons. The number of carbonyl (C=O) groups is 1. The maximum absolute atomic E-state index is 12.7. The van der Waals surface area contributed by atoms with Gasteiger partial charge in [0.25, 0.3) is 5.82 Å². The third-order valence-electron chi connectivity index (χ3n) is 2.71. The minimum atomic E-state index is -4.64. The predicted octanol–water partition coefficient (Wildman–Crippen LogP) is 2.33. The summed E-state index contributed by atoms with van der Waals surface area (Å²) in [5.74, 6) is -1.96. The lowest BCUT2D eigenvalue weighted by atomic mass is 10.2. The molecule has 0 saturated carbocycles. The highest BCUT2D eigenvalue weighted by molar-refractivity contribution is 7.19. The molecular formula is C12H7F3N4O3S. The Morgan fingerprint density at radius 3 is 2.57 bits per heavy atom. The fourth-order valence-corrected chi connectivity index (χ4v) is 2.59. The van der Waals surface area contributed by atoms with Gasteiger partial charge < -0.3 is 9.84 Å². The van der Waals surface area contributed by atoms with Gasteiger partial charge in [-0.2, -0.15) is 22.8 Å². The second-order valence-corrected chi connectivity index (χ2v) is 5.29. The van der Waals surface area contributed by atoms with Crippen LogP contribution >= 0.6 is 11.3 Å². The molecule has 3 rings (SSSR count). The number of aliphatic carboxylic acids is 1. The molecule has 0 atom stereocenters. The highest BCUT2D eigenvalue weighted by Gasteiger charge is 2.38. The number of rotatable bonds is 4. The van der Waals surface area contributed by atoms with E-state index in [1.165, 1.54) is 12.1 Å². The lowest BCUT2D eigenvalue weighted by Crippen LogP contribution is -2.11. The third kappa shape index (κ3) is 3.08. The van der Waals surface area contributed by atoms with Crippen LogP contribution in [0.5, 0.6) is 5.75 Å². The van der Waals surface area contributed by atoms with Gasteiger partial charge in [0.1, 0.15) is 10.8 Å². The van der Waals surface area contributed by atoms with Gasteiger partial charge in [-0.25, -0.2) is 4.79 Å². The molecule has 0 radical (unpaired) electrons. The standard InChI is InChI=1S/C12H7F3N4O3S/c13-12(14,15)10-16-17-11-19(10)18-9(23-11)6-1-3-7(4-2-6)22-5-8(20)21/h1-4H,5H2,(H,20,21). The van der Waals surface area contributed by atoms with Gasteiger partial charge in [-0.05, 0) is 24.3 Å². The van der Waals surface area contributed by atoms with Crippen LogP contribution in [0.1, 0.15) is 5.82 Å². The van der Waals surface area contributed by atoms with Crippen LogP contribution in [0.4, 0.5) is 13.2 Å². The van der Waals surface area contributed by atoms with Crippen LogP contribution in [0.3, 0.4) is 0 Å². The molecule has 0 amide bonds. The van der Waals surface area contributed by atoms with Crippen molar-refractivity contribution in [2.45, 2.75) is 6.18 Å². The van der Waals surface area contributed by atoms with Crippen LogP contribution in [0.15, 0.2) is 24.3 Å². The lowest BCUT2D eigenvalue weighted by Gasteiger charge is -2.03. The molecule has 0 bridgehead atoms. The molecular weight excluding hydrogens is 337 g/mol. The summed E-state index contributed by atoms with van der Waals surface area (Å²) >= 11 is 0.955. The average Bonchev–Trinajstić information content (AvgIpc) is 3.04. The molecule has 11 heteroatoms. The summed E-state index contributed by atoms with van der Waals surface area (Å²) in [6.45, 7) is -0.481. The molecule has 2 aromatic heterocycles. The smallest absolute Gasteiger partial charge is 0.453 e. The lowest BCUT2D eigenvalue weighted by molar-refractivity contribution is -0.146. The Labute approximate surface area is 130 Å². The Hall–Kier alpha value is -2.69. The van der Waals surface area contributed by atoms with Crippen molar-refractivity contribution in [1.82, 2.24) is 19.8 Å². The minimum Gasteiger partial charge on any atom is -0.482 e. The first-order valence-corrected chi connectivity index (χ1v) is 6.91. The maximum atomic E-state index is 12.7. The molecule has 0 spiro atoms. The van der Waals surface area contributed by atoms with Gasteiger partial charge in [0.15, 0.2) is 6.61 Å². The summed E-state index contributed by atoms with van der Waals surface area (Å²) < 4.78 is 43.8. The molecule has 0 unspecified atom stereocenters. The number of nitrogens with zero attached hydrogens (tertiary/aromatic N) is 4. The van der Waals surface area contributed by atoms with Gasteiger partial charge in [0.2, 0.25) is 4.96 Å². The number of alkyl halides is 3. The number of ether oxygens (including phenoxy) is 1. The van der Waals surface area contributed by atoms with Crippen LogP contribution in [0.25, 0.3) is 15.5 Å². The van der Waals surface area contributed by atoms with Crippen LogP contribution < -0.4 is 4.74 Å². The summed E-state index contributed by atoms with van der Waals surface area (Å²) in [4.78, 5) is 10.4. The molecule has 23 heavy (non-hydrogen) atoms. The number of hydrogen-bond acceptors (Lipinski definition) is 6. The van der Waals surface area contributed by atoms with Crippen molar-refractivity contribution in [2.24, 2.45) is 0 Å². The molecule has 3 aromatic rings. The van der Waals surface area contributed by atoms with E-state index in [0.717, 1.165) is 11.3 Å². The van der Waals surface area contributed by atoms with Crippen molar-refractivity contribution < 1.29 is 27.8 Å². The summed E-state index contributed by atoms with van der Waals surface area (Å²) in [7, 11) is 0. The zero-order chi connectivity index (χ0) is 16.6. The summed E-state index contributed by atoms with van der Waals surface area (Å²) in [5, 5.41) is 19.2. The number of halogens is 3. The molecule has 0 saturated heterocycles. The Kier molecular flexibility index (Phi) is 3.64. The largest absolute Gasteiger partial charge is 0.482 e. The molecule has 0 fully saturated rings. The maximum Gasteiger partial charge on any atom is 0.453 e. The van der Waals surface area contributed by atoms with Crippen molar-refractivity contribution in [3.05, 3.63) is 30.1 Å². The van der Waals surface area contributed by atoms with Crippen LogP contribution in [-0.2, 0) is 11.0 Å². The Bertz CT molecular complexity index is 857. The van der Waals surface area contributed by atoms with Crippen molar-refractivity contribution in [1.29, 1.82) is 0 Å². The minimum absolute atomic E-state index is 0.0264. The summed E-state index contributed by atoms with van der Waals surface area (Å²) in [6.07, 6.45) is -4.64. The zero-order valence-corrected chi connectivity index (χ0v) is 11.9. The SMILES string of the molecule is O=C(O)COc1ccc(-c2nn3c(C(F)(F)F)nnc3s2)cc1. The normalized spacial score (nSPS) is 11.8. The predicted molar refractivity (Wildman–Crippen MR) is 72.2 cm³/mol. The van der Waals surface area contributed by atoms with Crippen molar-refractivity contribution in [2.75, 3.05) is 6.61 Å². The quantitative estimate of drug-likeness (QED) is 0.781. The topological polar surface area (TPSA) is 89.6 Å². The van der Waals surface area contributed by atoms with Gasteiger partial charge in [-0.3, -0.25) is 0 Å². The van der Waals surface area contributed by atoms with Gasteiger partial charge in [0, 0.05) is 5.56 Å². The van der Waals surface area contributed by atoms with Gasteiger partial charge in [0.05, 0.1) is 0 Å². The van der Waals surface area contributed by atoms with Crippen molar-refractivity contribution >= 4 is 22.3 Å². The monoisotopic (exact) mass is 344 g/mol. The fraction of sp³-hybridized carbons (Fsp3) is 0.167. The van der Waals surface area contributed by atoms with E-state index < -0.39 is 24.6 Å². The van der Waals surface area contributed by atoms with E-state index in [-0.39, 0.29) is 4.96 Å². The van der Waals surface area contributed by atoms with Gasteiger partial charge in [-0.15, -0.1) is 10.2 Å². The Balaban J connectivity index is 1.88. The van der Waals surface area contributed by atoms with Crippen LogP contribution in [-0.4, -0.2) is 37.5 Å². The molecule has 1 N–H and O–H groups in total. The number of hydrogen-bond donors (Lipinski definition) is 1. The second-order valence-electron chi connectivity index (χ2n) is 4.33. The number of aromatic nitrogens is 4. The van der Waals surface area contributed by atoms with Crippen molar-refractivity contribution in [3.8, 4) is 16.3 Å². The van der Waals surface area contributed by atoms with E-state index in [9.17, 15) is 18.0 Å². The molecule has 0 aliphatic carbocycles. The van der Waals surface area contributed by atoms with Gasteiger partial charge in [-0.1, -0.05) is 11.3 Å². The van der Waals surface area contributed by atoms with Crippen LogP contribution in [0, 0.1) is 0 Å². The van der Waals surface area contributed by atoms with E-state index in [0.29, 0.717) is 20.8 Å². The van der Waals surface area contributed by atoms with Gasteiger partial charge >= 0.3 is 12.1 Å². The Morgan fingerprint density at radius 2 is 1.96 bits per heavy atom. The van der Waals surface area contributed by atoms with E-state index in [1.807, 2.05) is 0 Å². The summed E-state index contributed by atoms with van der Waals surface area (Å²) in [6, 6.07) is 6.14. The first kappa shape index (κ1) is 15.2. The highest BCUT2D eigenvalue weighted by Crippen LogP contribution is 2.32. The van der Waals surface area contributed by atoms with E-state index in [2.05, 4.69) is 15.3 Å². The third-order valence-corrected chi connectivity index (χ3v) is 3.66. The summed E-state index contributed by atoms with van der Waals surface area (Å²) in [5.41, 5.74) is 0.552. The molecule has 0 aliphatic heterocycles. The van der Waals surface area contributed by atoms with E-state index in [1.54, 1.807) is 12.1 Å². The van der Waals surface area contributed by atoms with E-state index in [4.69, 9.17) is 9.84 Å². The van der Waals surface area contributed by atoms with Crippen LogP contribution in [0.2, 0.25) is 0 Å². The number of fused-ring (bicyclic) bond motifs is 1. The van der Waals surface area contributed by atoms with Crippen molar-refractivity contribution in [3.63, 3.8) is 0 Å². The molecule has 1 aromatic carbocycles. The molecule has 7 nitrogen and oxygen atoms in total. The first-order valence-electron chi connectivity index (χ1n) is 6.09. The fourth-order valence-electron chi connectivity index (χ4n) is 1.75. The molecule has 2 heterocycles. The first-order chi connectivity index (χ1) is 10.8. The zero-order valence-electron chi connectivity index (χ0n) is 11.1. The number of carboxylic acids is 1. The number of benzene rings is 1. The van der Waals surface area contributed by atoms with E-state index >= 15 is 0 Å². The highest BCUT2D eigenvalue weighted by atomic mass is 32.1. The second kappa shape index (κ2) is 5.50. The number of carboxylic acid groups (broad SMARTS) is 1. The Morgan fingerprint density at radius 1 is 1.26 bits per heavy atom.